The molecule has 0 spiro atoms. The summed E-state index contributed by atoms with van der Waals surface area (Å²) in [4.78, 5) is 0. The molecule has 1 N–H and O–H groups in total. The van der Waals surface area contributed by atoms with Gasteiger partial charge in [0.15, 0.2) is 0 Å². The number of nitrogens with one attached hydrogen (secondary N) is 1. The van der Waals surface area contributed by atoms with E-state index in [0.29, 0.717) is 19.0 Å². The Balaban J connectivity index is 1.79. The van der Waals surface area contributed by atoms with Crippen LogP contribution in [0.3, 0.4) is 0 Å². The van der Waals surface area contributed by atoms with Crippen LogP contribution in [0.2, 0.25) is 0 Å². The molecule has 1 aliphatic heterocycles. The number of halogens is 1. The second kappa shape index (κ2) is 2.74. The fraction of sp³-hybridized carbons (Fsp3) is 1.00. The SMILES string of the molecule is FC1(CC2CCCC2)CNC1. The zero-order valence-corrected chi connectivity index (χ0v) is 6.91. The van der Waals surface area contributed by atoms with Gasteiger partial charge in [0.05, 0.1) is 0 Å². The molecule has 64 valence electrons. The van der Waals surface area contributed by atoms with Crippen LogP contribution < -0.4 is 5.32 Å². The first-order valence-corrected chi connectivity index (χ1v) is 4.68. The maximum atomic E-state index is 13.5. The van der Waals surface area contributed by atoms with Gasteiger partial charge >= 0.3 is 0 Å². The summed E-state index contributed by atoms with van der Waals surface area (Å²) in [5.41, 5.74) is -0.824. The molecular weight excluding hydrogens is 141 g/mol. The Kier molecular flexibility index (Phi) is 1.88. The lowest BCUT2D eigenvalue weighted by Gasteiger charge is -2.36. The molecule has 0 bridgehead atoms. The quantitative estimate of drug-likeness (QED) is 0.645. The Bertz CT molecular complexity index is 136. The highest BCUT2D eigenvalue weighted by atomic mass is 19.1. The number of hydrogen-bond donors (Lipinski definition) is 1. The minimum atomic E-state index is -0.824. The zero-order chi connectivity index (χ0) is 7.73. The average molecular weight is 157 g/mol. The van der Waals surface area contributed by atoms with Gasteiger partial charge in [-0.2, -0.15) is 0 Å². The molecule has 2 rings (SSSR count). The first kappa shape index (κ1) is 7.53. The Morgan fingerprint density at radius 1 is 1.27 bits per heavy atom. The van der Waals surface area contributed by atoms with Crippen LogP contribution in [0.4, 0.5) is 4.39 Å². The van der Waals surface area contributed by atoms with Crippen molar-refractivity contribution in [3.8, 4) is 0 Å². The van der Waals surface area contributed by atoms with Gasteiger partial charge in [0.25, 0.3) is 0 Å². The number of rotatable bonds is 2. The molecule has 1 heterocycles. The molecule has 1 saturated heterocycles. The Morgan fingerprint density at radius 3 is 2.36 bits per heavy atom. The number of hydrogen-bond acceptors (Lipinski definition) is 1. The monoisotopic (exact) mass is 157 g/mol. The van der Waals surface area contributed by atoms with Gasteiger partial charge in [-0.15, -0.1) is 0 Å². The third-order valence-corrected chi connectivity index (χ3v) is 3.01. The molecular formula is C9H16FN. The van der Waals surface area contributed by atoms with Crippen molar-refractivity contribution in [3.05, 3.63) is 0 Å². The summed E-state index contributed by atoms with van der Waals surface area (Å²) in [6.07, 6.45) is 6.01. The predicted molar refractivity (Wildman–Crippen MR) is 43.3 cm³/mol. The summed E-state index contributed by atoms with van der Waals surface area (Å²) in [7, 11) is 0. The number of alkyl halides is 1. The lowest BCUT2D eigenvalue weighted by molar-refractivity contribution is 0.0615. The van der Waals surface area contributed by atoms with E-state index in [1.165, 1.54) is 25.7 Å². The van der Waals surface area contributed by atoms with E-state index < -0.39 is 5.67 Å². The van der Waals surface area contributed by atoms with Crippen LogP contribution in [0, 0.1) is 5.92 Å². The molecule has 11 heavy (non-hydrogen) atoms. The minimum Gasteiger partial charge on any atom is -0.310 e. The molecule has 0 aromatic carbocycles. The van der Waals surface area contributed by atoms with E-state index >= 15 is 0 Å². The molecule has 0 unspecified atom stereocenters. The third kappa shape index (κ3) is 1.56. The largest absolute Gasteiger partial charge is 0.310 e. The molecule has 1 nitrogen and oxygen atoms in total. The summed E-state index contributed by atoms with van der Waals surface area (Å²) in [5.74, 6) is 0.696. The molecule has 0 atom stereocenters. The lowest BCUT2D eigenvalue weighted by atomic mass is 9.87. The van der Waals surface area contributed by atoms with E-state index in [4.69, 9.17) is 0 Å². The maximum Gasteiger partial charge on any atom is 0.136 e. The van der Waals surface area contributed by atoms with Crippen molar-refractivity contribution < 1.29 is 4.39 Å². The Morgan fingerprint density at radius 2 is 1.91 bits per heavy atom. The molecule has 1 saturated carbocycles. The third-order valence-electron chi connectivity index (χ3n) is 3.01. The van der Waals surface area contributed by atoms with Gasteiger partial charge < -0.3 is 5.32 Å². The molecule has 2 heteroatoms. The van der Waals surface area contributed by atoms with E-state index in [0.717, 1.165) is 6.42 Å². The molecule has 0 radical (unpaired) electrons. The minimum absolute atomic E-state index is 0.601. The van der Waals surface area contributed by atoms with E-state index in [1.54, 1.807) is 0 Å². The summed E-state index contributed by atoms with van der Waals surface area (Å²) < 4.78 is 13.5. The van der Waals surface area contributed by atoms with Gasteiger partial charge in [-0.25, -0.2) is 4.39 Å². The Hall–Kier alpha value is -0.110. The van der Waals surface area contributed by atoms with Crippen molar-refractivity contribution in [2.45, 2.75) is 37.8 Å². The van der Waals surface area contributed by atoms with Crippen molar-refractivity contribution in [2.75, 3.05) is 13.1 Å². The fourth-order valence-corrected chi connectivity index (χ4v) is 2.27. The van der Waals surface area contributed by atoms with Crippen molar-refractivity contribution in [3.63, 3.8) is 0 Å². The van der Waals surface area contributed by atoms with Gasteiger partial charge in [0.1, 0.15) is 5.67 Å². The molecule has 1 aliphatic carbocycles. The highest BCUT2D eigenvalue weighted by molar-refractivity contribution is 4.95. The van der Waals surface area contributed by atoms with Crippen LogP contribution in [0.25, 0.3) is 0 Å². The molecule has 2 fully saturated rings. The van der Waals surface area contributed by atoms with E-state index in [9.17, 15) is 4.39 Å². The summed E-state index contributed by atoms with van der Waals surface area (Å²) in [6.45, 7) is 1.20. The normalized spacial score (nSPS) is 30.3. The highest BCUT2D eigenvalue weighted by Gasteiger charge is 2.39. The van der Waals surface area contributed by atoms with Crippen molar-refractivity contribution in [1.29, 1.82) is 0 Å². The van der Waals surface area contributed by atoms with Gasteiger partial charge in [-0.1, -0.05) is 25.7 Å². The van der Waals surface area contributed by atoms with E-state index in [-0.39, 0.29) is 0 Å². The fourth-order valence-electron chi connectivity index (χ4n) is 2.27. The predicted octanol–water partition coefficient (Wildman–Crippen LogP) is 1.88. The second-order valence-electron chi connectivity index (χ2n) is 4.11. The van der Waals surface area contributed by atoms with Crippen LogP contribution >= 0.6 is 0 Å². The molecule has 0 aromatic rings. The smallest absolute Gasteiger partial charge is 0.136 e. The Labute approximate surface area is 67.4 Å². The van der Waals surface area contributed by atoms with E-state index in [1.807, 2.05) is 0 Å². The van der Waals surface area contributed by atoms with Gasteiger partial charge in [0.2, 0.25) is 0 Å². The molecule has 2 aliphatic rings. The van der Waals surface area contributed by atoms with Crippen molar-refractivity contribution in [2.24, 2.45) is 5.92 Å². The zero-order valence-electron chi connectivity index (χ0n) is 6.91. The van der Waals surface area contributed by atoms with Crippen LogP contribution in [0.1, 0.15) is 32.1 Å². The van der Waals surface area contributed by atoms with Gasteiger partial charge in [0, 0.05) is 13.1 Å². The van der Waals surface area contributed by atoms with Crippen LogP contribution in [-0.2, 0) is 0 Å². The first-order chi connectivity index (χ1) is 5.29. The van der Waals surface area contributed by atoms with Crippen molar-refractivity contribution >= 4 is 0 Å². The summed E-state index contributed by atoms with van der Waals surface area (Å²) >= 11 is 0. The molecule has 0 amide bonds. The van der Waals surface area contributed by atoms with Gasteiger partial charge in [-0.05, 0) is 12.3 Å². The average Bonchev–Trinajstić information content (AvgIpc) is 2.36. The second-order valence-corrected chi connectivity index (χ2v) is 4.11. The van der Waals surface area contributed by atoms with Crippen LogP contribution in [0.15, 0.2) is 0 Å². The lowest BCUT2D eigenvalue weighted by Crippen LogP contribution is -2.56. The summed E-state index contributed by atoms with van der Waals surface area (Å²) in [6, 6.07) is 0. The van der Waals surface area contributed by atoms with Crippen LogP contribution in [-0.4, -0.2) is 18.8 Å². The topological polar surface area (TPSA) is 12.0 Å². The highest BCUT2D eigenvalue weighted by Crippen LogP contribution is 2.35. The van der Waals surface area contributed by atoms with Gasteiger partial charge in [-0.3, -0.25) is 0 Å². The molecule has 0 aromatic heterocycles. The first-order valence-electron chi connectivity index (χ1n) is 4.68. The standard InChI is InChI=1S/C9H16FN/c10-9(6-11-7-9)5-8-3-1-2-4-8/h8,11H,1-7H2. The van der Waals surface area contributed by atoms with E-state index in [2.05, 4.69) is 5.32 Å². The summed E-state index contributed by atoms with van der Waals surface area (Å²) in [5, 5.41) is 3.00. The van der Waals surface area contributed by atoms with Crippen molar-refractivity contribution in [1.82, 2.24) is 5.32 Å². The maximum absolute atomic E-state index is 13.5. The van der Waals surface area contributed by atoms with Crippen LogP contribution in [0.5, 0.6) is 0 Å².